The van der Waals surface area contributed by atoms with Gasteiger partial charge in [0.2, 0.25) is 0 Å². The Balaban J connectivity index is 3.99. The molecule has 0 spiro atoms. The van der Waals surface area contributed by atoms with Crippen LogP contribution in [0, 0.1) is 0 Å². The zero-order chi connectivity index (χ0) is 8.91. The SMILES string of the molecule is NCCC[C@](N)(CF)C(=O)O. The van der Waals surface area contributed by atoms with Crippen molar-refractivity contribution in [1.29, 1.82) is 0 Å². The Hall–Kier alpha value is -0.680. The molecule has 0 amide bonds. The van der Waals surface area contributed by atoms with Crippen molar-refractivity contribution in [2.75, 3.05) is 13.2 Å². The number of hydrogen-bond acceptors (Lipinski definition) is 3. The van der Waals surface area contributed by atoms with E-state index < -0.39 is 18.2 Å². The van der Waals surface area contributed by atoms with Crippen LogP contribution >= 0.6 is 0 Å². The van der Waals surface area contributed by atoms with Crippen LogP contribution in [0.3, 0.4) is 0 Å². The van der Waals surface area contributed by atoms with Gasteiger partial charge in [0, 0.05) is 0 Å². The summed E-state index contributed by atoms with van der Waals surface area (Å²) in [6, 6.07) is 0. The van der Waals surface area contributed by atoms with Gasteiger partial charge in [-0.25, -0.2) is 4.39 Å². The van der Waals surface area contributed by atoms with Crippen molar-refractivity contribution in [2.45, 2.75) is 18.4 Å². The van der Waals surface area contributed by atoms with E-state index in [-0.39, 0.29) is 6.42 Å². The normalized spacial score (nSPS) is 15.9. The molecule has 0 saturated carbocycles. The number of carboxylic acids is 1. The van der Waals surface area contributed by atoms with E-state index in [2.05, 4.69) is 0 Å². The molecule has 0 aromatic heterocycles. The molecule has 0 unspecified atom stereocenters. The highest BCUT2D eigenvalue weighted by Gasteiger charge is 2.33. The van der Waals surface area contributed by atoms with E-state index in [1.165, 1.54) is 0 Å². The molecule has 1 atom stereocenters. The molecule has 0 aliphatic heterocycles. The fourth-order valence-corrected chi connectivity index (χ4v) is 0.648. The van der Waals surface area contributed by atoms with Crippen LogP contribution in [0.4, 0.5) is 4.39 Å². The lowest BCUT2D eigenvalue weighted by Gasteiger charge is -2.19. The van der Waals surface area contributed by atoms with Crippen LogP contribution < -0.4 is 11.5 Å². The second-order valence-corrected chi connectivity index (χ2v) is 2.49. The third-order valence-electron chi connectivity index (χ3n) is 1.49. The predicted molar refractivity (Wildman–Crippen MR) is 38.8 cm³/mol. The maximum absolute atomic E-state index is 12.1. The lowest BCUT2D eigenvalue weighted by molar-refractivity contribution is -0.144. The highest BCUT2D eigenvalue weighted by molar-refractivity contribution is 5.78. The fraction of sp³-hybridized carbons (Fsp3) is 0.833. The maximum Gasteiger partial charge on any atom is 0.326 e. The quantitative estimate of drug-likeness (QED) is 0.510. The van der Waals surface area contributed by atoms with Crippen LogP contribution in [0.15, 0.2) is 0 Å². The number of carboxylic acid groups (broad SMARTS) is 1. The van der Waals surface area contributed by atoms with Crippen LogP contribution in [-0.4, -0.2) is 29.8 Å². The Kier molecular flexibility index (Phi) is 3.99. The molecule has 0 aliphatic rings. The Morgan fingerprint density at radius 3 is 2.45 bits per heavy atom. The van der Waals surface area contributed by atoms with Gasteiger partial charge in [-0.3, -0.25) is 4.79 Å². The molecule has 0 heterocycles. The van der Waals surface area contributed by atoms with Gasteiger partial charge in [-0.2, -0.15) is 0 Å². The minimum atomic E-state index is -1.74. The van der Waals surface area contributed by atoms with Crippen molar-refractivity contribution < 1.29 is 14.3 Å². The second-order valence-electron chi connectivity index (χ2n) is 2.49. The summed E-state index contributed by atoms with van der Waals surface area (Å²) in [7, 11) is 0. The molecule has 0 aromatic rings. The number of rotatable bonds is 5. The number of carbonyl (C=O) groups is 1. The molecule has 0 aromatic carbocycles. The van der Waals surface area contributed by atoms with E-state index in [0.29, 0.717) is 13.0 Å². The van der Waals surface area contributed by atoms with Crippen molar-refractivity contribution in [3.63, 3.8) is 0 Å². The molecule has 5 heteroatoms. The van der Waals surface area contributed by atoms with Crippen molar-refractivity contribution in [1.82, 2.24) is 0 Å². The van der Waals surface area contributed by atoms with Crippen LogP contribution in [0.25, 0.3) is 0 Å². The summed E-state index contributed by atoms with van der Waals surface area (Å²) in [5.74, 6) is -1.31. The largest absolute Gasteiger partial charge is 0.480 e. The van der Waals surface area contributed by atoms with Gasteiger partial charge in [-0.05, 0) is 19.4 Å². The third kappa shape index (κ3) is 2.81. The number of halogens is 1. The van der Waals surface area contributed by atoms with E-state index in [4.69, 9.17) is 16.6 Å². The lowest BCUT2D eigenvalue weighted by Crippen LogP contribution is -2.50. The Bertz CT molecular complexity index is 143. The fourth-order valence-electron chi connectivity index (χ4n) is 0.648. The third-order valence-corrected chi connectivity index (χ3v) is 1.49. The van der Waals surface area contributed by atoms with E-state index in [9.17, 15) is 9.18 Å². The molecule has 0 radical (unpaired) electrons. The van der Waals surface area contributed by atoms with E-state index in [0.717, 1.165) is 0 Å². The van der Waals surface area contributed by atoms with Gasteiger partial charge in [-0.15, -0.1) is 0 Å². The smallest absolute Gasteiger partial charge is 0.326 e. The number of nitrogens with two attached hydrogens (primary N) is 2. The van der Waals surface area contributed by atoms with Crippen LogP contribution in [0.5, 0.6) is 0 Å². The second kappa shape index (κ2) is 4.25. The molecule has 66 valence electrons. The zero-order valence-electron chi connectivity index (χ0n) is 6.22. The molecule has 0 bridgehead atoms. The minimum Gasteiger partial charge on any atom is -0.480 e. The average Bonchev–Trinajstić information content (AvgIpc) is 2.00. The predicted octanol–water partition coefficient (Wildman–Crippen LogP) is -0.523. The highest BCUT2D eigenvalue weighted by atomic mass is 19.1. The molecule has 0 saturated heterocycles. The summed E-state index contributed by atoms with van der Waals surface area (Å²) in [5, 5.41) is 8.45. The number of aliphatic carboxylic acids is 1. The van der Waals surface area contributed by atoms with Crippen molar-refractivity contribution in [3.8, 4) is 0 Å². The number of hydrogen-bond donors (Lipinski definition) is 3. The van der Waals surface area contributed by atoms with Crippen molar-refractivity contribution in [3.05, 3.63) is 0 Å². The highest BCUT2D eigenvalue weighted by Crippen LogP contribution is 2.09. The van der Waals surface area contributed by atoms with Crippen molar-refractivity contribution >= 4 is 5.97 Å². The number of alkyl halides is 1. The summed E-state index contributed by atoms with van der Waals surface area (Å²) in [5.41, 5.74) is 8.58. The van der Waals surface area contributed by atoms with E-state index in [1.54, 1.807) is 0 Å². The molecule has 4 nitrogen and oxygen atoms in total. The molecule has 5 N–H and O–H groups in total. The summed E-state index contributed by atoms with van der Waals surface area (Å²) < 4.78 is 12.1. The zero-order valence-corrected chi connectivity index (χ0v) is 6.22. The Labute approximate surface area is 64.4 Å². The first-order valence-corrected chi connectivity index (χ1v) is 3.35. The van der Waals surface area contributed by atoms with Gasteiger partial charge >= 0.3 is 5.97 Å². The summed E-state index contributed by atoms with van der Waals surface area (Å²) >= 11 is 0. The van der Waals surface area contributed by atoms with Crippen molar-refractivity contribution in [2.24, 2.45) is 11.5 Å². The van der Waals surface area contributed by atoms with Crippen LogP contribution in [0.2, 0.25) is 0 Å². The van der Waals surface area contributed by atoms with Gasteiger partial charge in [0.05, 0.1) is 0 Å². The summed E-state index contributed by atoms with van der Waals surface area (Å²) in [4.78, 5) is 10.4. The van der Waals surface area contributed by atoms with E-state index in [1.807, 2.05) is 0 Å². The summed E-state index contributed by atoms with van der Waals surface area (Å²) in [6.07, 6.45) is 0.502. The van der Waals surface area contributed by atoms with Gasteiger partial charge in [0.25, 0.3) is 0 Å². The molecule has 11 heavy (non-hydrogen) atoms. The molecular formula is C6H13FN2O2. The van der Waals surface area contributed by atoms with Gasteiger partial charge < -0.3 is 16.6 Å². The lowest BCUT2D eigenvalue weighted by atomic mass is 9.97. The monoisotopic (exact) mass is 164 g/mol. The standard InChI is InChI=1S/C6H13FN2O2/c7-4-6(9,5(10)11)2-1-3-8/h1-4,8-9H2,(H,10,11)/t6-/m0/s1. The van der Waals surface area contributed by atoms with Crippen LogP contribution in [-0.2, 0) is 4.79 Å². The van der Waals surface area contributed by atoms with Crippen LogP contribution in [0.1, 0.15) is 12.8 Å². The first kappa shape index (κ1) is 10.3. The molecule has 0 rings (SSSR count). The van der Waals surface area contributed by atoms with Gasteiger partial charge in [-0.1, -0.05) is 0 Å². The Morgan fingerprint density at radius 1 is 1.64 bits per heavy atom. The van der Waals surface area contributed by atoms with Gasteiger partial charge in [0.15, 0.2) is 0 Å². The maximum atomic E-state index is 12.1. The minimum absolute atomic E-state index is 0.0787. The first-order chi connectivity index (χ1) is 5.06. The average molecular weight is 164 g/mol. The molecule has 0 aliphatic carbocycles. The summed E-state index contributed by atoms with van der Waals surface area (Å²) in [6.45, 7) is -0.728. The molecular weight excluding hydrogens is 151 g/mol. The first-order valence-electron chi connectivity index (χ1n) is 3.35. The molecule has 0 fully saturated rings. The topological polar surface area (TPSA) is 89.3 Å². The van der Waals surface area contributed by atoms with Gasteiger partial charge in [0.1, 0.15) is 12.2 Å². The Morgan fingerprint density at radius 2 is 2.18 bits per heavy atom. The van der Waals surface area contributed by atoms with E-state index >= 15 is 0 Å².